The first kappa shape index (κ1) is 14.6. The fourth-order valence-corrected chi connectivity index (χ4v) is 3.27. The molecule has 1 saturated heterocycles. The molecule has 0 unspecified atom stereocenters. The fourth-order valence-electron chi connectivity index (χ4n) is 1.89. The molecule has 0 bridgehead atoms. The number of hydrogen-bond acceptors (Lipinski definition) is 4. The van der Waals surface area contributed by atoms with Crippen molar-refractivity contribution < 1.29 is 17.9 Å². The third-order valence-corrected chi connectivity index (χ3v) is 4.73. The molecular formula is C14H17NO4S. The average Bonchev–Trinajstić information content (AvgIpc) is 2.78. The van der Waals surface area contributed by atoms with Crippen LogP contribution in [0, 0.1) is 6.92 Å². The second-order valence-electron chi connectivity index (χ2n) is 4.62. The standard InChI is InChI=1S/C14H17NO4S/c1-3-4-5-12-10-19-14(16)15(12)20(17,18)13-8-6-11(2)7-9-13/h5-9H,3-4,10H2,1-2H3/b12-5-. The molecule has 0 radical (unpaired) electrons. The molecule has 20 heavy (non-hydrogen) atoms. The van der Waals surface area contributed by atoms with Crippen LogP contribution in [-0.4, -0.2) is 25.4 Å². The molecule has 1 aromatic rings. The van der Waals surface area contributed by atoms with Crippen LogP contribution >= 0.6 is 0 Å². The summed E-state index contributed by atoms with van der Waals surface area (Å²) < 4.78 is 30.6. The Morgan fingerprint density at radius 1 is 1.30 bits per heavy atom. The van der Waals surface area contributed by atoms with Gasteiger partial charge in [-0.05, 0) is 25.5 Å². The average molecular weight is 295 g/mol. The molecule has 2 rings (SSSR count). The Labute approximate surface area is 118 Å². The molecule has 1 fully saturated rings. The van der Waals surface area contributed by atoms with Crippen molar-refractivity contribution in [3.05, 3.63) is 41.6 Å². The van der Waals surface area contributed by atoms with Gasteiger partial charge in [0.25, 0.3) is 10.0 Å². The number of aryl methyl sites for hydroxylation is 1. The highest BCUT2D eigenvalue weighted by atomic mass is 32.2. The van der Waals surface area contributed by atoms with Crippen LogP contribution in [0.4, 0.5) is 4.79 Å². The van der Waals surface area contributed by atoms with E-state index in [1.165, 1.54) is 12.1 Å². The maximum Gasteiger partial charge on any atom is 0.428 e. The summed E-state index contributed by atoms with van der Waals surface area (Å²) in [5.74, 6) is 0. The Kier molecular flexibility index (Phi) is 4.13. The van der Waals surface area contributed by atoms with E-state index in [2.05, 4.69) is 0 Å². The van der Waals surface area contributed by atoms with Crippen LogP contribution in [0.2, 0.25) is 0 Å². The minimum absolute atomic E-state index is 0.00389. The summed E-state index contributed by atoms with van der Waals surface area (Å²) in [6, 6.07) is 6.38. The molecule has 5 nitrogen and oxygen atoms in total. The van der Waals surface area contributed by atoms with Crippen molar-refractivity contribution in [3.8, 4) is 0 Å². The summed E-state index contributed by atoms with van der Waals surface area (Å²) in [6.07, 6.45) is 2.46. The van der Waals surface area contributed by atoms with Crippen LogP contribution in [0.5, 0.6) is 0 Å². The van der Waals surface area contributed by atoms with Gasteiger partial charge in [-0.15, -0.1) is 0 Å². The van der Waals surface area contributed by atoms with Crippen LogP contribution in [-0.2, 0) is 14.8 Å². The van der Waals surface area contributed by atoms with Gasteiger partial charge in [-0.2, -0.15) is 4.31 Å². The number of ether oxygens (including phenoxy) is 1. The van der Waals surface area contributed by atoms with Gasteiger partial charge in [-0.3, -0.25) is 0 Å². The number of sulfonamides is 1. The van der Waals surface area contributed by atoms with Crippen molar-refractivity contribution in [2.75, 3.05) is 6.61 Å². The Balaban J connectivity index is 2.41. The summed E-state index contributed by atoms with van der Waals surface area (Å²) in [5.41, 5.74) is 1.34. The Morgan fingerprint density at radius 3 is 2.55 bits per heavy atom. The molecule has 1 aliphatic heterocycles. The third-order valence-electron chi connectivity index (χ3n) is 3.00. The van der Waals surface area contributed by atoms with E-state index in [0.717, 1.165) is 16.3 Å². The van der Waals surface area contributed by atoms with E-state index >= 15 is 0 Å². The summed E-state index contributed by atoms with van der Waals surface area (Å²) in [6.45, 7) is 3.85. The minimum Gasteiger partial charge on any atom is -0.442 e. The van der Waals surface area contributed by atoms with Gasteiger partial charge in [0.05, 0.1) is 10.6 Å². The molecule has 0 aliphatic carbocycles. The van der Waals surface area contributed by atoms with Crippen molar-refractivity contribution >= 4 is 16.1 Å². The van der Waals surface area contributed by atoms with Crippen LogP contribution < -0.4 is 0 Å². The number of hydrogen-bond donors (Lipinski definition) is 0. The van der Waals surface area contributed by atoms with Crippen molar-refractivity contribution in [2.24, 2.45) is 0 Å². The van der Waals surface area contributed by atoms with Gasteiger partial charge in [-0.25, -0.2) is 13.2 Å². The summed E-state index contributed by atoms with van der Waals surface area (Å²) in [4.78, 5) is 11.8. The van der Waals surface area contributed by atoms with E-state index in [4.69, 9.17) is 4.74 Å². The summed E-state index contributed by atoms with van der Waals surface area (Å²) in [7, 11) is -3.89. The molecule has 0 aromatic heterocycles. The highest BCUT2D eigenvalue weighted by Crippen LogP contribution is 2.26. The molecule has 1 amide bonds. The fraction of sp³-hybridized carbons (Fsp3) is 0.357. The first-order valence-corrected chi connectivity index (χ1v) is 7.88. The highest BCUT2D eigenvalue weighted by Gasteiger charge is 2.38. The maximum absolute atomic E-state index is 12.5. The van der Waals surface area contributed by atoms with E-state index in [-0.39, 0.29) is 11.5 Å². The van der Waals surface area contributed by atoms with Gasteiger partial charge >= 0.3 is 6.09 Å². The summed E-state index contributed by atoms with van der Waals surface area (Å²) in [5, 5.41) is 0. The number of amides is 1. The number of rotatable bonds is 4. The van der Waals surface area contributed by atoms with E-state index < -0.39 is 16.1 Å². The van der Waals surface area contributed by atoms with Gasteiger partial charge in [0, 0.05) is 0 Å². The zero-order valence-corrected chi connectivity index (χ0v) is 12.3. The highest BCUT2D eigenvalue weighted by molar-refractivity contribution is 7.89. The minimum atomic E-state index is -3.89. The lowest BCUT2D eigenvalue weighted by molar-refractivity contribution is 0.170. The molecule has 1 heterocycles. The van der Waals surface area contributed by atoms with Crippen molar-refractivity contribution in [2.45, 2.75) is 31.6 Å². The number of benzene rings is 1. The maximum atomic E-state index is 12.5. The van der Waals surface area contributed by atoms with Crippen LogP contribution in [0.15, 0.2) is 40.9 Å². The smallest absolute Gasteiger partial charge is 0.428 e. The lowest BCUT2D eigenvalue weighted by Crippen LogP contribution is -2.30. The van der Waals surface area contributed by atoms with Gasteiger partial charge in [0.1, 0.15) is 6.61 Å². The van der Waals surface area contributed by atoms with E-state index in [0.29, 0.717) is 12.1 Å². The lowest BCUT2D eigenvalue weighted by Gasteiger charge is -2.15. The quantitative estimate of drug-likeness (QED) is 0.857. The van der Waals surface area contributed by atoms with Crippen LogP contribution in [0.1, 0.15) is 25.3 Å². The van der Waals surface area contributed by atoms with Crippen molar-refractivity contribution in [1.82, 2.24) is 4.31 Å². The molecule has 108 valence electrons. The topological polar surface area (TPSA) is 63.7 Å². The zero-order valence-electron chi connectivity index (χ0n) is 11.5. The second kappa shape index (κ2) is 5.66. The molecule has 0 N–H and O–H groups in total. The van der Waals surface area contributed by atoms with E-state index in [1.807, 2.05) is 13.8 Å². The largest absolute Gasteiger partial charge is 0.442 e. The monoisotopic (exact) mass is 295 g/mol. The van der Waals surface area contributed by atoms with Crippen molar-refractivity contribution in [3.63, 3.8) is 0 Å². The molecule has 1 aliphatic rings. The third kappa shape index (κ3) is 2.70. The first-order valence-electron chi connectivity index (χ1n) is 6.44. The SMILES string of the molecule is CCC/C=C1/COC(=O)N1S(=O)(=O)c1ccc(C)cc1. The van der Waals surface area contributed by atoms with Gasteiger partial charge in [0.2, 0.25) is 0 Å². The van der Waals surface area contributed by atoms with Gasteiger partial charge in [0.15, 0.2) is 0 Å². The van der Waals surface area contributed by atoms with Gasteiger partial charge < -0.3 is 4.74 Å². The number of unbranched alkanes of at least 4 members (excludes halogenated alkanes) is 1. The predicted octanol–water partition coefficient (Wildman–Crippen LogP) is 2.82. The van der Waals surface area contributed by atoms with E-state index in [9.17, 15) is 13.2 Å². The summed E-state index contributed by atoms with van der Waals surface area (Å²) >= 11 is 0. The number of carbonyl (C=O) groups is 1. The number of nitrogens with zero attached hydrogens (tertiary/aromatic N) is 1. The molecule has 0 saturated carbocycles. The Bertz CT molecular complexity index is 632. The normalized spacial score (nSPS) is 17.6. The molecular weight excluding hydrogens is 278 g/mol. The first-order chi connectivity index (χ1) is 9.46. The molecule has 0 spiro atoms. The lowest BCUT2D eigenvalue weighted by atomic mass is 10.2. The van der Waals surface area contributed by atoms with Crippen LogP contribution in [0.3, 0.4) is 0 Å². The predicted molar refractivity (Wildman–Crippen MR) is 74.5 cm³/mol. The number of allylic oxidation sites excluding steroid dienone is 1. The van der Waals surface area contributed by atoms with Crippen molar-refractivity contribution in [1.29, 1.82) is 0 Å². The Morgan fingerprint density at radius 2 is 1.95 bits per heavy atom. The zero-order chi connectivity index (χ0) is 14.8. The molecule has 0 atom stereocenters. The molecule has 6 heteroatoms. The number of carbonyl (C=O) groups excluding carboxylic acids is 1. The van der Waals surface area contributed by atoms with Crippen LogP contribution in [0.25, 0.3) is 0 Å². The molecule has 1 aromatic carbocycles. The second-order valence-corrected chi connectivity index (χ2v) is 6.41. The Hall–Kier alpha value is -1.82. The number of cyclic esters (lactones) is 1. The van der Waals surface area contributed by atoms with E-state index in [1.54, 1.807) is 18.2 Å². The van der Waals surface area contributed by atoms with Gasteiger partial charge in [-0.1, -0.05) is 37.1 Å².